The molecule has 0 aliphatic carbocycles. The molecular weight excluding hydrogens is 252 g/mol. The topological polar surface area (TPSA) is 29.5 Å². The molecule has 0 heterocycles. The molecule has 0 bridgehead atoms. The van der Waals surface area contributed by atoms with Gasteiger partial charge in [-0.1, -0.05) is 45.0 Å². The largest absolute Gasteiger partial charge is 0.393 e. The van der Waals surface area contributed by atoms with Crippen LogP contribution in [-0.2, 0) is 16.3 Å². The molecule has 0 spiro atoms. The molecule has 1 N–H and O–H groups in total. The summed E-state index contributed by atoms with van der Waals surface area (Å²) in [5, 5.41) is 10.1. The van der Waals surface area contributed by atoms with Gasteiger partial charge in [-0.3, -0.25) is 0 Å². The first-order valence-electron chi connectivity index (χ1n) is 6.83. The van der Waals surface area contributed by atoms with Crippen molar-refractivity contribution in [2.24, 2.45) is 0 Å². The fourth-order valence-electron chi connectivity index (χ4n) is 2.16. The second-order valence-electron chi connectivity index (χ2n) is 6.20. The molecule has 0 aliphatic heterocycles. The summed E-state index contributed by atoms with van der Waals surface area (Å²) >= 11 is 0. The van der Waals surface area contributed by atoms with Gasteiger partial charge in [0, 0.05) is 5.56 Å². The zero-order chi connectivity index (χ0) is 14.6. The molecule has 19 heavy (non-hydrogen) atoms. The van der Waals surface area contributed by atoms with Crippen molar-refractivity contribution in [3.05, 3.63) is 47.5 Å². The Balaban J connectivity index is 3.12. The third-order valence-electron chi connectivity index (χ3n) is 2.99. The predicted octanol–water partition coefficient (Wildman–Crippen LogP) is 3.70. The molecule has 1 rings (SSSR count). The van der Waals surface area contributed by atoms with E-state index in [2.05, 4.69) is 46.5 Å². The Morgan fingerprint density at radius 1 is 1.37 bits per heavy atom. The highest BCUT2D eigenvalue weighted by atomic mass is 28.3. The smallest absolute Gasteiger partial charge is 0.174 e. The second kappa shape index (κ2) is 6.50. The summed E-state index contributed by atoms with van der Waals surface area (Å²) in [5.74, 6) is 0. The van der Waals surface area contributed by atoms with Crippen LogP contribution in [0.4, 0.5) is 0 Å². The predicted molar refractivity (Wildman–Crippen MR) is 84.0 cm³/mol. The van der Waals surface area contributed by atoms with E-state index in [4.69, 9.17) is 4.43 Å². The summed E-state index contributed by atoms with van der Waals surface area (Å²) in [6, 6.07) is 6.11. The van der Waals surface area contributed by atoms with Crippen LogP contribution in [0.15, 0.2) is 30.9 Å². The first kappa shape index (κ1) is 16.2. The normalized spacial score (nSPS) is 13.6. The van der Waals surface area contributed by atoms with Crippen molar-refractivity contribution in [1.29, 1.82) is 0 Å². The van der Waals surface area contributed by atoms with Crippen LogP contribution in [0, 0.1) is 0 Å². The van der Waals surface area contributed by atoms with Crippen molar-refractivity contribution in [2.75, 3.05) is 0 Å². The molecule has 1 aromatic carbocycles. The Morgan fingerprint density at radius 2 is 2.00 bits per heavy atom. The van der Waals surface area contributed by atoms with Gasteiger partial charge in [0.15, 0.2) is 15.3 Å². The third-order valence-corrected chi connectivity index (χ3v) is 3.79. The number of allylic oxidation sites excluding steroid dienone is 1. The molecule has 0 radical (unpaired) electrons. The highest BCUT2D eigenvalue weighted by Gasteiger charge is 2.19. The molecule has 0 fully saturated rings. The number of rotatable bonds is 5. The van der Waals surface area contributed by atoms with Gasteiger partial charge in [0.25, 0.3) is 0 Å². The van der Waals surface area contributed by atoms with E-state index in [0.29, 0.717) is 0 Å². The van der Waals surface area contributed by atoms with Gasteiger partial charge in [-0.2, -0.15) is 0 Å². The fraction of sp³-hybridized carbons (Fsp3) is 0.500. The molecule has 1 unspecified atom stereocenters. The molecule has 1 atom stereocenters. The summed E-state index contributed by atoms with van der Waals surface area (Å²) in [5.41, 5.74) is 3.44. The zero-order valence-corrected chi connectivity index (χ0v) is 13.9. The third kappa shape index (κ3) is 4.60. The minimum absolute atomic E-state index is 0.0927. The van der Waals surface area contributed by atoms with Crippen molar-refractivity contribution < 1.29 is 9.53 Å². The molecule has 0 saturated heterocycles. The lowest BCUT2D eigenvalue weighted by atomic mass is 9.82. The van der Waals surface area contributed by atoms with E-state index >= 15 is 0 Å². The Kier molecular flexibility index (Phi) is 5.53. The van der Waals surface area contributed by atoms with Crippen molar-refractivity contribution in [3.8, 4) is 0 Å². The van der Waals surface area contributed by atoms with Crippen LogP contribution >= 0.6 is 0 Å². The minimum Gasteiger partial charge on any atom is -0.393 e. The number of hydrogen-bond acceptors (Lipinski definition) is 2. The van der Waals surface area contributed by atoms with Crippen LogP contribution in [0.2, 0.25) is 13.1 Å². The Labute approximate surface area is 118 Å². The monoisotopic (exact) mass is 278 g/mol. The van der Waals surface area contributed by atoms with Crippen LogP contribution in [0.5, 0.6) is 0 Å². The Hall–Kier alpha value is -0.903. The molecular formula is C16H26O2Si. The molecule has 2 nitrogen and oxygen atoms in total. The maximum absolute atomic E-state index is 10.1. The lowest BCUT2D eigenvalue weighted by molar-refractivity contribution is -0.0212. The van der Waals surface area contributed by atoms with Crippen molar-refractivity contribution in [2.45, 2.75) is 52.0 Å². The van der Waals surface area contributed by atoms with Gasteiger partial charge in [-0.05, 0) is 36.1 Å². The van der Waals surface area contributed by atoms with E-state index in [-0.39, 0.29) is 5.41 Å². The maximum atomic E-state index is 10.1. The number of benzene rings is 1. The fourth-order valence-corrected chi connectivity index (χ4v) is 2.83. The van der Waals surface area contributed by atoms with E-state index in [1.165, 1.54) is 11.1 Å². The lowest BCUT2D eigenvalue weighted by Gasteiger charge is -2.24. The van der Waals surface area contributed by atoms with Gasteiger partial charge in [-0.15, -0.1) is 6.58 Å². The van der Waals surface area contributed by atoms with Crippen LogP contribution in [-0.4, -0.2) is 14.1 Å². The molecule has 0 aromatic heterocycles. The van der Waals surface area contributed by atoms with Crippen LogP contribution in [0.3, 0.4) is 0 Å². The summed E-state index contributed by atoms with van der Waals surface area (Å²) in [6.07, 6.45) is 1.91. The molecule has 0 aliphatic rings. The molecule has 0 amide bonds. The van der Waals surface area contributed by atoms with E-state index < -0.39 is 15.3 Å². The van der Waals surface area contributed by atoms with E-state index in [1.54, 1.807) is 0 Å². The average molecular weight is 278 g/mol. The zero-order valence-electron chi connectivity index (χ0n) is 12.7. The van der Waals surface area contributed by atoms with Crippen LogP contribution in [0.1, 0.15) is 43.8 Å². The number of hydrogen-bond donors (Lipinski definition) is 1. The molecule has 3 heteroatoms. The van der Waals surface area contributed by atoms with Crippen LogP contribution in [0.25, 0.3) is 0 Å². The summed E-state index contributed by atoms with van der Waals surface area (Å²) in [6.45, 7) is 14.5. The highest BCUT2D eigenvalue weighted by molar-refractivity contribution is 6.48. The van der Waals surface area contributed by atoms with Crippen molar-refractivity contribution in [1.82, 2.24) is 0 Å². The van der Waals surface area contributed by atoms with Gasteiger partial charge in [0.05, 0.1) is 0 Å². The number of aliphatic hydroxyl groups excluding tert-OH is 1. The van der Waals surface area contributed by atoms with Gasteiger partial charge in [0.2, 0.25) is 0 Å². The summed E-state index contributed by atoms with van der Waals surface area (Å²) in [7, 11) is -1.25. The van der Waals surface area contributed by atoms with E-state index in [0.717, 1.165) is 12.0 Å². The van der Waals surface area contributed by atoms with E-state index in [1.807, 2.05) is 18.2 Å². The number of aliphatic hydroxyl groups is 1. The SMILES string of the molecule is C=CCc1cc(C(O)O[SiH](C)C)ccc1C(C)(C)C. The standard InChI is InChI=1S/C16H26O2Si/c1-7-8-12-11-13(15(17)18-19(5)6)9-10-14(12)16(2,3)4/h7,9-11,15,17,19H,1,8H2,2-6H3. The van der Waals surface area contributed by atoms with Gasteiger partial charge in [-0.25, -0.2) is 0 Å². The van der Waals surface area contributed by atoms with Gasteiger partial charge < -0.3 is 9.53 Å². The van der Waals surface area contributed by atoms with Crippen LogP contribution < -0.4 is 0 Å². The Morgan fingerprint density at radius 3 is 2.47 bits per heavy atom. The second-order valence-corrected chi connectivity index (χ2v) is 8.57. The highest BCUT2D eigenvalue weighted by Crippen LogP contribution is 2.29. The van der Waals surface area contributed by atoms with E-state index in [9.17, 15) is 5.11 Å². The molecule has 1 aromatic rings. The average Bonchev–Trinajstić information content (AvgIpc) is 2.27. The minimum atomic E-state index is -1.25. The lowest BCUT2D eigenvalue weighted by Crippen LogP contribution is -2.17. The Bertz CT molecular complexity index is 433. The quantitative estimate of drug-likeness (QED) is 0.505. The summed E-state index contributed by atoms with van der Waals surface area (Å²) < 4.78 is 5.56. The first-order chi connectivity index (χ1) is 8.75. The van der Waals surface area contributed by atoms with Gasteiger partial charge >= 0.3 is 0 Å². The molecule has 0 saturated carbocycles. The van der Waals surface area contributed by atoms with Crippen molar-refractivity contribution in [3.63, 3.8) is 0 Å². The maximum Gasteiger partial charge on any atom is 0.174 e. The van der Waals surface area contributed by atoms with Crippen molar-refractivity contribution >= 4 is 9.04 Å². The molecule has 106 valence electrons. The first-order valence-corrected chi connectivity index (χ1v) is 9.61. The summed E-state index contributed by atoms with van der Waals surface area (Å²) in [4.78, 5) is 0. The van der Waals surface area contributed by atoms with Gasteiger partial charge in [0.1, 0.15) is 0 Å².